The van der Waals surface area contributed by atoms with Gasteiger partial charge in [0.25, 0.3) is 0 Å². The third-order valence-electron chi connectivity index (χ3n) is 10.5. The smallest absolute Gasteiger partial charge is 0.220 e. The van der Waals surface area contributed by atoms with E-state index in [4.69, 9.17) is 4.74 Å². The van der Waals surface area contributed by atoms with Crippen LogP contribution in [0.15, 0.2) is 0 Å². The minimum atomic E-state index is 0.269. The number of rotatable bonds is 11. The van der Waals surface area contributed by atoms with Crippen molar-refractivity contribution in [3.05, 3.63) is 0 Å². The minimum Gasteiger partial charge on any atom is -0.378 e. The van der Waals surface area contributed by atoms with Gasteiger partial charge in [-0.3, -0.25) is 4.79 Å². The molecule has 0 aromatic heterocycles. The molecule has 7 atom stereocenters. The van der Waals surface area contributed by atoms with Gasteiger partial charge < -0.3 is 10.1 Å². The fourth-order valence-electron chi connectivity index (χ4n) is 8.45. The summed E-state index contributed by atoms with van der Waals surface area (Å²) >= 11 is 0. The minimum absolute atomic E-state index is 0.269. The van der Waals surface area contributed by atoms with E-state index in [-0.39, 0.29) is 11.3 Å². The van der Waals surface area contributed by atoms with Crippen molar-refractivity contribution in [1.82, 2.24) is 5.32 Å². The molecule has 1 amide bonds. The normalized spacial score (nSPS) is 41.0. The highest BCUT2D eigenvalue weighted by atomic mass is 16.5. The second kappa shape index (κ2) is 10.8. The number of unbranched alkanes of at least 4 members (excludes halogenated alkanes) is 8. The topological polar surface area (TPSA) is 38.3 Å². The molecule has 1 heterocycles. The maximum absolute atomic E-state index is 12.3. The van der Waals surface area contributed by atoms with Crippen LogP contribution in [-0.2, 0) is 9.53 Å². The van der Waals surface area contributed by atoms with Gasteiger partial charge in [-0.2, -0.15) is 0 Å². The summed E-state index contributed by atoms with van der Waals surface area (Å²) in [7, 11) is 0. The van der Waals surface area contributed by atoms with Gasteiger partial charge in [-0.1, -0.05) is 78.6 Å². The van der Waals surface area contributed by atoms with Crippen molar-refractivity contribution in [3.8, 4) is 0 Å². The Bertz CT molecular complexity index is 620. The molecule has 32 heavy (non-hydrogen) atoms. The van der Waals surface area contributed by atoms with Gasteiger partial charge in [-0.25, -0.2) is 0 Å². The lowest BCUT2D eigenvalue weighted by molar-refractivity contribution is -0.167. The zero-order valence-electron chi connectivity index (χ0n) is 21.4. The molecule has 3 aliphatic carbocycles. The van der Waals surface area contributed by atoms with E-state index in [2.05, 4.69) is 26.1 Å². The molecule has 0 aromatic rings. The van der Waals surface area contributed by atoms with E-state index in [9.17, 15) is 4.79 Å². The SMILES string of the molecule is CCCCCCCCCCCOC1C[C@H]2NC(=O)CC[C@]2(C)[C@H]2CC[C@]3(C)CCC[C@H]3[C@H]12. The van der Waals surface area contributed by atoms with E-state index in [0.717, 1.165) is 37.7 Å². The third kappa shape index (κ3) is 5.08. The molecule has 4 aliphatic rings. The van der Waals surface area contributed by atoms with Gasteiger partial charge in [0.2, 0.25) is 5.91 Å². The van der Waals surface area contributed by atoms with Gasteiger partial charge in [0.15, 0.2) is 0 Å². The van der Waals surface area contributed by atoms with E-state index < -0.39 is 0 Å². The standard InChI is InChI=1S/C29H51NO2/c1-4-5-6-7-8-9-10-11-12-20-32-24-21-25-29(3,19-16-26(31)30-25)23-15-18-28(2)17-13-14-22(28)27(23)24/h22-25,27H,4-21H2,1-3H3,(H,30,31)/t22-,23-,24?,25+,27-,28-,29+/m0/s1. The molecule has 1 unspecified atom stereocenters. The molecule has 0 radical (unpaired) electrons. The molecular formula is C29H51NO2. The molecule has 0 spiro atoms. The Morgan fingerprint density at radius 1 is 0.906 bits per heavy atom. The Labute approximate surface area is 198 Å². The van der Waals surface area contributed by atoms with Crippen LogP contribution in [0.25, 0.3) is 0 Å². The van der Waals surface area contributed by atoms with Crippen LogP contribution in [0.4, 0.5) is 0 Å². The number of carbonyl (C=O) groups is 1. The molecule has 4 rings (SSSR count). The highest BCUT2D eigenvalue weighted by Gasteiger charge is 2.61. The summed E-state index contributed by atoms with van der Waals surface area (Å²) in [5, 5.41) is 3.41. The number of piperidine rings is 1. The molecule has 3 nitrogen and oxygen atoms in total. The van der Waals surface area contributed by atoms with Crippen LogP contribution in [-0.4, -0.2) is 24.7 Å². The van der Waals surface area contributed by atoms with E-state index in [1.165, 1.54) is 89.9 Å². The molecule has 3 heteroatoms. The first-order valence-electron chi connectivity index (χ1n) is 14.4. The maximum Gasteiger partial charge on any atom is 0.220 e. The van der Waals surface area contributed by atoms with Crippen molar-refractivity contribution in [2.24, 2.45) is 28.6 Å². The van der Waals surface area contributed by atoms with E-state index in [0.29, 0.717) is 23.5 Å². The van der Waals surface area contributed by atoms with Crippen molar-refractivity contribution in [3.63, 3.8) is 0 Å². The number of carbonyl (C=O) groups excluding carboxylic acids is 1. The Morgan fingerprint density at radius 2 is 1.62 bits per heavy atom. The maximum atomic E-state index is 12.3. The van der Waals surface area contributed by atoms with Crippen molar-refractivity contribution < 1.29 is 9.53 Å². The number of amides is 1. The number of ether oxygens (including phenoxy) is 1. The van der Waals surface area contributed by atoms with E-state index >= 15 is 0 Å². The van der Waals surface area contributed by atoms with Crippen molar-refractivity contribution in [1.29, 1.82) is 0 Å². The monoisotopic (exact) mass is 445 g/mol. The second-order valence-electron chi connectivity index (χ2n) is 12.5. The van der Waals surface area contributed by atoms with Crippen LogP contribution >= 0.6 is 0 Å². The lowest BCUT2D eigenvalue weighted by atomic mass is 9.47. The first-order valence-corrected chi connectivity index (χ1v) is 14.4. The predicted molar refractivity (Wildman–Crippen MR) is 133 cm³/mol. The lowest BCUT2D eigenvalue weighted by Crippen LogP contribution is -2.64. The second-order valence-corrected chi connectivity index (χ2v) is 12.5. The Balaban J connectivity index is 1.32. The van der Waals surface area contributed by atoms with Crippen LogP contribution < -0.4 is 5.32 Å². The van der Waals surface area contributed by atoms with Crippen LogP contribution in [0.5, 0.6) is 0 Å². The first-order chi connectivity index (χ1) is 15.5. The summed E-state index contributed by atoms with van der Waals surface area (Å²) in [6.07, 6.45) is 22.4. The van der Waals surface area contributed by atoms with Crippen molar-refractivity contribution >= 4 is 5.91 Å². The Kier molecular flexibility index (Phi) is 8.28. The zero-order chi connectivity index (χ0) is 22.6. The highest BCUT2D eigenvalue weighted by Crippen LogP contribution is 2.64. The van der Waals surface area contributed by atoms with Gasteiger partial charge in [0, 0.05) is 19.1 Å². The Hall–Kier alpha value is -0.570. The predicted octanol–water partition coefficient (Wildman–Crippen LogP) is 7.42. The number of hydrogen-bond acceptors (Lipinski definition) is 2. The van der Waals surface area contributed by atoms with Gasteiger partial charge >= 0.3 is 0 Å². The van der Waals surface area contributed by atoms with Crippen LogP contribution in [0.3, 0.4) is 0 Å². The Morgan fingerprint density at radius 3 is 2.38 bits per heavy atom. The van der Waals surface area contributed by atoms with Crippen molar-refractivity contribution in [2.45, 2.75) is 142 Å². The molecule has 1 N–H and O–H groups in total. The van der Waals surface area contributed by atoms with E-state index in [1.54, 1.807) is 0 Å². The van der Waals surface area contributed by atoms with Gasteiger partial charge in [-0.05, 0) is 73.5 Å². The van der Waals surface area contributed by atoms with Crippen LogP contribution in [0, 0.1) is 28.6 Å². The molecule has 0 bridgehead atoms. The summed E-state index contributed by atoms with van der Waals surface area (Å²) < 4.78 is 6.74. The van der Waals surface area contributed by atoms with E-state index in [1.807, 2.05) is 0 Å². The molecular weight excluding hydrogens is 394 g/mol. The largest absolute Gasteiger partial charge is 0.378 e. The zero-order valence-corrected chi connectivity index (χ0v) is 21.4. The highest BCUT2D eigenvalue weighted by molar-refractivity contribution is 5.77. The molecule has 184 valence electrons. The average molecular weight is 446 g/mol. The van der Waals surface area contributed by atoms with Gasteiger partial charge in [0.1, 0.15) is 0 Å². The summed E-state index contributed by atoms with van der Waals surface area (Å²) in [6, 6.07) is 0.323. The third-order valence-corrected chi connectivity index (χ3v) is 10.5. The summed E-state index contributed by atoms with van der Waals surface area (Å²) in [5.41, 5.74) is 0.821. The van der Waals surface area contributed by atoms with Crippen LogP contribution in [0.1, 0.15) is 130 Å². The number of hydrogen-bond donors (Lipinski definition) is 1. The summed E-state index contributed by atoms with van der Waals surface area (Å²) in [5.74, 6) is 2.55. The van der Waals surface area contributed by atoms with Crippen LogP contribution in [0.2, 0.25) is 0 Å². The van der Waals surface area contributed by atoms with Gasteiger partial charge in [0.05, 0.1) is 6.10 Å². The molecule has 0 aromatic carbocycles. The fraction of sp³-hybridized carbons (Fsp3) is 0.966. The summed E-state index contributed by atoms with van der Waals surface area (Å²) in [4.78, 5) is 12.3. The van der Waals surface area contributed by atoms with Crippen molar-refractivity contribution in [2.75, 3.05) is 6.61 Å². The van der Waals surface area contributed by atoms with Gasteiger partial charge in [-0.15, -0.1) is 0 Å². The number of fused-ring (bicyclic) bond motifs is 5. The molecule has 1 saturated heterocycles. The molecule has 3 saturated carbocycles. The quantitative estimate of drug-likeness (QED) is 0.336. The number of nitrogens with one attached hydrogen (secondary N) is 1. The lowest BCUT2D eigenvalue weighted by Gasteiger charge is -2.61. The molecule has 1 aliphatic heterocycles. The first kappa shape index (κ1) is 24.6. The summed E-state index contributed by atoms with van der Waals surface area (Å²) in [6.45, 7) is 8.29. The average Bonchev–Trinajstić information content (AvgIpc) is 3.17. The fourth-order valence-corrected chi connectivity index (χ4v) is 8.45. The molecule has 4 fully saturated rings.